The van der Waals surface area contributed by atoms with Gasteiger partial charge in [0.2, 0.25) is 0 Å². The first-order valence-electron chi connectivity index (χ1n) is 13.7. The van der Waals surface area contributed by atoms with Crippen molar-refractivity contribution in [2.24, 2.45) is 0 Å². The third kappa shape index (κ3) is 14.2. The molecule has 0 amide bonds. The van der Waals surface area contributed by atoms with Crippen molar-refractivity contribution in [1.29, 1.82) is 0 Å². The van der Waals surface area contributed by atoms with Crippen LogP contribution in [0, 0.1) is 0 Å². The molecule has 0 spiro atoms. The van der Waals surface area contributed by atoms with Gasteiger partial charge in [-0.05, 0) is 12.1 Å². The fourth-order valence-corrected chi connectivity index (χ4v) is 4.40. The number of ether oxygens (including phenoxy) is 11. The molecule has 0 saturated carbocycles. The second kappa shape index (κ2) is 23.3. The number of methoxy groups -OCH3 is 3. The molecule has 1 aromatic carbocycles. The fourth-order valence-electron chi connectivity index (χ4n) is 3.88. The third-order valence-electron chi connectivity index (χ3n) is 5.91. The molecule has 1 aliphatic rings. The topological polar surface area (TPSA) is 119 Å². The zero-order valence-corrected chi connectivity index (χ0v) is 25.8. The van der Waals surface area contributed by atoms with E-state index in [4.69, 9.17) is 52.1 Å². The van der Waals surface area contributed by atoms with Gasteiger partial charge in [-0.2, -0.15) is 0 Å². The zero-order valence-electron chi connectivity index (χ0n) is 24.2. The quantitative estimate of drug-likeness (QED) is 0.0924. The molecule has 1 aromatic rings. The molecule has 0 bridgehead atoms. The van der Waals surface area contributed by atoms with Gasteiger partial charge in [0.05, 0.1) is 84.8 Å². The molecule has 0 aliphatic carbocycles. The van der Waals surface area contributed by atoms with Gasteiger partial charge in [0, 0.05) is 26.7 Å². The maximum atomic E-state index is 13.0. The van der Waals surface area contributed by atoms with Crippen LogP contribution in [0.4, 0.5) is 0 Å². The molecule has 0 aromatic heterocycles. The van der Waals surface area contributed by atoms with Gasteiger partial charge >= 0.3 is 5.97 Å². The van der Waals surface area contributed by atoms with Crippen LogP contribution < -0.4 is 0 Å². The smallest absolute Gasteiger partial charge is 0.338 e. The highest BCUT2D eigenvalue weighted by molar-refractivity contribution is 9.09. The van der Waals surface area contributed by atoms with Crippen LogP contribution in [0.15, 0.2) is 30.3 Å². The maximum Gasteiger partial charge on any atom is 0.338 e. The van der Waals surface area contributed by atoms with Crippen molar-refractivity contribution in [3.8, 4) is 0 Å². The van der Waals surface area contributed by atoms with Crippen LogP contribution >= 0.6 is 15.9 Å². The highest BCUT2D eigenvalue weighted by Crippen LogP contribution is 2.30. The van der Waals surface area contributed by atoms with E-state index in [1.54, 1.807) is 38.5 Å². The highest BCUT2D eigenvalue weighted by atomic mass is 79.9. The monoisotopic (exact) mass is 652 g/mol. The summed E-state index contributed by atoms with van der Waals surface area (Å²) in [4.78, 5) is 13.0. The van der Waals surface area contributed by atoms with Crippen LogP contribution in [0.25, 0.3) is 0 Å². The number of carbonyl (C=O) groups is 1. The molecule has 236 valence electrons. The Labute approximate surface area is 251 Å². The summed E-state index contributed by atoms with van der Waals surface area (Å²) in [5.41, 5.74) is 0.420. The molecule has 41 heavy (non-hydrogen) atoms. The first-order valence-corrected chi connectivity index (χ1v) is 14.8. The van der Waals surface area contributed by atoms with Crippen molar-refractivity contribution in [3.63, 3.8) is 0 Å². The van der Waals surface area contributed by atoms with Crippen molar-refractivity contribution in [1.82, 2.24) is 0 Å². The van der Waals surface area contributed by atoms with Crippen molar-refractivity contribution >= 4 is 21.9 Å². The van der Waals surface area contributed by atoms with Crippen LogP contribution in [-0.4, -0.2) is 143 Å². The lowest BCUT2D eigenvalue weighted by atomic mass is 9.98. The van der Waals surface area contributed by atoms with Crippen LogP contribution in [-0.2, 0) is 52.1 Å². The maximum absolute atomic E-state index is 13.0. The van der Waals surface area contributed by atoms with Gasteiger partial charge in [-0.15, -0.1) is 0 Å². The van der Waals surface area contributed by atoms with Gasteiger partial charge in [-0.25, -0.2) is 4.79 Å². The fraction of sp³-hybridized carbons (Fsp3) is 0.750. The summed E-state index contributed by atoms with van der Waals surface area (Å²) in [6, 6.07) is 8.76. The summed E-state index contributed by atoms with van der Waals surface area (Å²) in [7, 11) is 4.77. The number of benzene rings is 1. The predicted molar refractivity (Wildman–Crippen MR) is 152 cm³/mol. The number of hydrogen-bond donors (Lipinski definition) is 0. The Morgan fingerprint density at radius 2 is 1.17 bits per heavy atom. The van der Waals surface area contributed by atoms with Gasteiger partial charge in [0.15, 0.2) is 12.4 Å². The molecule has 0 N–H and O–H groups in total. The van der Waals surface area contributed by atoms with Crippen molar-refractivity contribution in [3.05, 3.63) is 35.9 Å². The van der Waals surface area contributed by atoms with E-state index in [1.165, 1.54) is 7.11 Å². The Hall–Kier alpha value is -1.23. The number of rotatable bonds is 24. The summed E-state index contributed by atoms with van der Waals surface area (Å²) < 4.78 is 62.1. The minimum absolute atomic E-state index is 0.225. The van der Waals surface area contributed by atoms with E-state index in [9.17, 15) is 4.79 Å². The number of carbonyl (C=O) groups excluding carboxylic acids is 1. The summed E-state index contributed by atoms with van der Waals surface area (Å²) in [6.07, 6.45) is -3.51. The Morgan fingerprint density at radius 3 is 1.66 bits per heavy atom. The molecule has 1 aliphatic heterocycles. The van der Waals surface area contributed by atoms with Crippen LogP contribution in [0.2, 0.25) is 0 Å². The van der Waals surface area contributed by atoms with Gasteiger partial charge in [0.1, 0.15) is 18.3 Å². The molecule has 13 heteroatoms. The van der Waals surface area contributed by atoms with E-state index >= 15 is 0 Å². The van der Waals surface area contributed by atoms with Gasteiger partial charge in [-0.1, -0.05) is 34.1 Å². The molecule has 0 radical (unpaired) electrons. The van der Waals surface area contributed by atoms with Crippen LogP contribution in [0.3, 0.4) is 0 Å². The average molecular weight is 654 g/mol. The minimum Gasteiger partial charge on any atom is -0.453 e. The Kier molecular flexibility index (Phi) is 20.4. The second-order valence-electron chi connectivity index (χ2n) is 8.77. The normalized spacial score (nSPS) is 22.6. The number of esters is 1. The first-order chi connectivity index (χ1) is 20.2. The lowest BCUT2D eigenvalue weighted by Gasteiger charge is -2.44. The summed E-state index contributed by atoms with van der Waals surface area (Å²) >= 11 is 3.48. The van der Waals surface area contributed by atoms with Crippen molar-refractivity contribution in [2.45, 2.75) is 30.7 Å². The molecule has 12 nitrogen and oxygen atoms in total. The molecule has 1 heterocycles. The van der Waals surface area contributed by atoms with Gasteiger partial charge < -0.3 is 52.1 Å². The van der Waals surface area contributed by atoms with E-state index < -0.39 is 36.7 Å². The van der Waals surface area contributed by atoms with E-state index in [0.29, 0.717) is 77.0 Å². The summed E-state index contributed by atoms with van der Waals surface area (Å²) in [5, 5.41) is 0.383. The van der Waals surface area contributed by atoms with E-state index in [1.807, 2.05) is 6.07 Å². The Morgan fingerprint density at radius 1 is 0.683 bits per heavy atom. The average Bonchev–Trinajstić information content (AvgIpc) is 3.00. The van der Waals surface area contributed by atoms with E-state index in [2.05, 4.69) is 15.9 Å². The molecule has 1 fully saturated rings. The Bertz CT molecular complexity index is 774. The minimum atomic E-state index is -0.786. The predicted octanol–water partition coefficient (Wildman–Crippen LogP) is 2.11. The molecule has 2 rings (SSSR count). The summed E-state index contributed by atoms with van der Waals surface area (Å²) in [5.74, 6) is -0.491. The van der Waals surface area contributed by atoms with Crippen LogP contribution in [0.5, 0.6) is 0 Å². The molecular formula is C28H45BrO12. The number of hydrogen-bond acceptors (Lipinski definition) is 12. The van der Waals surface area contributed by atoms with Crippen molar-refractivity contribution in [2.75, 3.05) is 106 Å². The second-order valence-corrected chi connectivity index (χ2v) is 9.42. The SMILES string of the molecule is COCCOCCOCCO[C@@H]1[C@@H](OCCOCCOCCOC)[C@@H](OC)O[C@H](CBr)[C@H]1OC(=O)c1ccccc1. The summed E-state index contributed by atoms with van der Waals surface area (Å²) in [6.45, 7) is 4.86. The lowest BCUT2D eigenvalue weighted by molar-refractivity contribution is -0.303. The number of alkyl halides is 1. The molecule has 0 unspecified atom stereocenters. The van der Waals surface area contributed by atoms with E-state index in [-0.39, 0.29) is 13.2 Å². The molecule has 1 saturated heterocycles. The first kappa shape index (κ1) is 36.0. The van der Waals surface area contributed by atoms with Gasteiger partial charge in [-0.3, -0.25) is 0 Å². The zero-order chi connectivity index (χ0) is 29.5. The molecule has 5 atom stereocenters. The van der Waals surface area contributed by atoms with Crippen LogP contribution in [0.1, 0.15) is 10.4 Å². The standard InChI is InChI=1S/C28H45BrO12/c1-31-9-11-34-13-15-36-17-19-38-25-24(41-27(30)22-7-5-4-6-8-22)23(21-29)40-28(33-3)26(25)39-20-18-37-16-14-35-12-10-32-2/h4-8,23-26,28H,9-21H2,1-3H3/t23-,24-,25+,26-,28+/m1/s1. The highest BCUT2D eigenvalue weighted by Gasteiger charge is 2.49. The lowest BCUT2D eigenvalue weighted by Crippen LogP contribution is -2.61. The number of halogens is 1. The van der Waals surface area contributed by atoms with E-state index in [0.717, 1.165) is 0 Å². The third-order valence-corrected chi connectivity index (χ3v) is 6.55. The Balaban J connectivity index is 1.99. The molecular weight excluding hydrogens is 608 g/mol. The largest absolute Gasteiger partial charge is 0.453 e. The van der Waals surface area contributed by atoms with Crippen molar-refractivity contribution < 1.29 is 56.9 Å². The van der Waals surface area contributed by atoms with Gasteiger partial charge in [0.25, 0.3) is 0 Å².